The highest BCUT2D eigenvalue weighted by atomic mass is 32.1. The molecule has 2 aromatic carbocycles. The second kappa shape index (κ2) is 6.62. The van der Waals surface area contributed by atoms with E-state index in [4.69, 9.17) is 4.74 Å². The van der Waals surface area contributed by atoms with Gasteiger partial charge in [0.15, 0.2) is 6.61 Å². The van der Waals surface area contributed by atoms with Gasteiger partial charge in [-0.2, -0.15) is 0 Å². The van der Waals surface area contributed by atoms with Gasteiger partial charge in [-0.15, -0.1) is 11.3 Å². The fraction of sp³-hybridized carbons (Fsp3) is 0.167. The van der Waals surface area contributed by atoms with Crippen LogP contribution in [0.5, 0.6) is 5.75 Å². The maximum absolute atomic E-state index is 12.1. The van der Waals surface area contributed by atoms with Crippen molar-refractivity contribution in [1.29, 1.82) is 0 Å². The summed E-state index contributed by atoms with van der Waals surface area (Å²) in [5, 5.41) is 4.29. The number of ether oxygens (including phenoxy) is 1. The Morgan fingerprint density at radius 1 is 1.09 bits per heavy atom. The Morgan fingerprint density at radius 3 is 2.68 bits per heavy atom. The number of thiophene rings is 1. The quantitative estimate of drug-likeness (QED) is 0.714. The standard InChI is InChI=1S/C18H17NO2S/c1-19(12-17-7-4-10-22-17)18(20)13-21-16-9-8-14-5-2-3-6-15(14)11-16/h2-11H,12-13H2,1H3. The first-order valence-corrected chi connectivity index (χ1v) is 7.98. The van der Waals surface area contributed by atoms with Crippen LogP contribution >= 0.6 is 11.3 Å². The summed E-state index contributed by atoms with van der Waals surface area (Å²) in [4.78, 5) is 15.0. The Labute approximate surface area is 133 Å². The van der Waals surface area contributed by atoms with Crippen molar-refractivity contribution in [3.05, 3.63) is 64.9 Å². The first-order chi connectivity index (χ1) is 10.7. The molecular formula is C18H17NO2S. The number of amides is 1. The molecule has 3 aromatic rings. The number of rotatable bonds is 5. The molecule has 0 aliphatic rings. The van der Waals surface area contributed by atoms with E-state index in [0.29, 0.717) is 6.54 Å². The molecule has 112 valence electrons. The molecule has 0 bridgehead atoms. The van der Waals surface area contributed by atoms with Crippen molar-refractivity contribution in [2.45, 2.75) is 6.54 Å². The maximum atomic E-state index is 12.1. The molecule has 1 amide bonds. The minimum Gasteiger partial charge on any atom is -0.484 e. The van der Waals surface area contributed by atoms with Crippen molar-refractivity contribution in [1.82, 2.24) is 4.90 Å². The Bertz CT molecular complexity index is 768. The molecule has 0 unspecified atom stereocenters. The van der Waals surface area contributed by atoms with Gasteiger partial charge in [-0.1, -0.05) is 36.4 Å². The number of carbonyl (C=O) groups excluding carboxylic acids is 1. The van der Waals surface area contributed by atoms with Gasteiger partial charge < -0.3 is 9.64 Å². The SMILES string of the molecule is CN(Cc1cccs1)C(=O)COc1ccc2ccccc2c1. The lowest BCUT2D eigenvalue weighted by molar-refractivity contribution is -0.132. The second-order valence-corrected chi connectivity index (χ2v) is 6.16. The summed E-state index contributed by atoms with van der Waals surface area (Å²) in [6.07, 6.45) is 0. The van der Waals surface area contributed by atoms with Crippen molar-refractivity contribution >= 4 is 28.0 Å². The van der Waals surface area contributed by atoms with E-state index in [0.717, 1.165) is 16.5 Å². The predicted octanol–water partition coefficient (Wildman–Crippen LogP) is 3.94. The van der Waals surface area contributed by atoms with Gasteiger partial charge in [0.2, 0.25) is 0 Å². The van der Waals surface area contributed by atoms with E-state index >= 15 is 0 Å². The largest absolute Gasteiger partial charge is 0.484 e. The highest BCUT2D eigenvalue weighted by Crippen LogP contribution is 2.20. The van der Waals surface area contributed by atoms with Crippen LogP contribution in [0.2, 0.25) is 0 Å². The van der Waals surface area contributed by atoms with Crippen molar-refractivity contribution in [3.63, 3.8) is 0 Å². The molecule has 0 radical (unpaired) electrons. The van der Waals surface area contributed by atoms with Crippen LogP contribution in [0.15, 0.2) is 60.0 Å². The van der Waals surface area contributed by atoms with Gasteiger partial charge >= 0.3 is 0 Å². The molecule has 4 heteroatoms. The number of benzene rings is 2. The number of nitrogens with zero attached hydrogens (tertiary/aromatic N) is 1. The Kier molecular flexibility index (Phi) is 4.39. The molecule has 0 saturated carbocycles. The van der Waals surface area contributed by atoms with E-state index in [1.807, 2.05) is 53.9 Å². The zero-order valence-electron chi connectivity index (χ0n) is 12.4. The molecule has 0 spiro atoms. The van der Waals surface area contributed by atoms with Crippen LogP contribution in [0.4, 0.5) is 0 Å². The van der Waals surface area contributed by atoms with E-state index in [9.17, 15) is 4.79 Å². The summed E-state index contributed by atoms with van der Waals surface area (Å²) < 4.78 is 5.63. The van der Waals surface area contributed by atoms with Crippen molar-refractivity contribution in [2.75, 3.05) is 13.7 Å². The van der Waals surface area contributed by atoms with E-state index in [1.165, 1.54) is 4.88 Å². The summed E-state index contributed by atoms with van der Waals surface area (Å²) in [5.41, 5.74) is 0. The highest BCUT2D eigenvalue weighted by Gasteiger charge is 2.10. The van der Waals surface area contributed by atoms with Crippen LogP contribution in [0.3, 0.4) is 0 Å². The van der Waals surface area contributed by atoms with Crippen molar-refractivity contribution < 1.29 is 9.53 Å². The molecule has 1 aromatic heterocycles. The van der Waals surface area contributed by atoms with Crippen molar-refractivity contribution in [3.8, 4) is 5.75 Å². The van der Waals surface area contributed by atoms with Gasteiger partial charge in [0.25, 0.3) is 5.91 Å². The summed E-state index contributed by atoms with van der Waals surface area (Å²) >= 11 is 1.65. The number of hydrogen-bond donors (Lipinski definition) is 0. The summed E-state index contributed by atoms with van der Waals surface area (Å²) in [5.74, 6) is 0.693. The number of likely N-dealkylation sites (N-methyl/N-ethyl adjacent to an activating group) is 1. The number of hydrogen-bond acceptors (Lipinski definition) is 3. The lowest BCUT2D eigenvalue weighted by Gasteiger charge is -2.16. The Hall–Kier alpha value is -2.33. The zero-order chi connectivity index (χ0) is 15.4. The van der Waals surface area contributed by atoms with Crippen molar-refractivity contribution in [2.24, 2.45) is 0 Å². The molecule has 0 atom stereocenters. The first-order valence-electron chi connectivity index (χ1n) is 7.10. The number of fused-ring (bicyclic) bond motifs is 1. The summed E-state index contributed by atoms with van der Waals surface area (Å²) in [6, 6.07) is 18.0. The summed E-state index contributed by atoms with van der Waals surface area (Å²) in [6.45, 7) is 0.678. The van der Waals surface area contributed by atoms with E-state index in [-0.39, 0.29) is 12.5 Å². The van der Waals surface area contributed by atoms with Gasteiger partial charge in [-0.25, -0.2) is 0 Å². The molecule has 0 N–H and O–H groups in total. The molecule has 3 nitrogen and oxygen atoms in total. The average Bonchev–Trinajstić information content (AvgIpc) is 3.05. The van der Waals surface area contributed by atoms with Crippen LogP contribution in [0.25, 0.3) is 10.8 Å². The normalized spacial score (nSPS) is 10.6. The Balaban J connectivity index is 1.59. The first kappa shape index (κ1) is 14.6. The van der Waals surface area contributed by atoms with Gasteiger partial charge in [-0.05, 0) is 34.4 Å². The van der Waals surface area contributed by atoms with Crippen LogP contribution in [-0.2, 0) is 11.3 Å². The topological polar surface area (TPSA) is 29.5 Å². The highest BCUT2D eigenvalue weighted by molar-refractivity contribution is 7.09. The van der Waals surface area contributed by atoms with E-state index < -0.39 is 0 Å². The van der Waals surface area contributed by atoms with Crippen LogP contribution in [0, 0.1) is 0 Å². The fourth-order valence-electron chi connectivity index (χ4n) is 2.24. The lowest BCUT2D eigenvalue weighted by atomic mass is 10.1. The molecule has 1 heterocycles. The molecule has 0 aliphatic carbocycles. The van der Waals surface area contributed by atoms with Crippen LogP contribution in [0.1, 0.15) is 4.88 Å². The minimum absolute atomic E-state index is 0.0263. The number of carbonyl (C=O) groups is 1. The molecule has 22 heavy (non-hydrogen) atoms. The third-order valence-electron chi connectivity index (χ3n) is 3.48. The smallest absolute Gasteiger partial charge is 0.260 e. The lowest BCUT2D eigenvalue weighted by Crippen LogP contribution is -2.30. The molecule has 3 rings (SSSR count). The monoisotopic (exact) mass is 311 g/mol. The van der Waals surface area contributed by atoms with Gasteiger partial charge in [0, 0.05) is 11.9 Å². The zero-order valence-corrected chi connectivity index (χ0v) is 13.2. The van der Waals surface area contributed by atoms with Gasteiger partial charge in [0.1, 0.15) is 5.75 Å². The fourth-order valence-corrected chi connectivity index (χ4v) is 2.99. The molecule has 0 saturated heterocycles. The van der Waals surface area contributed by atoms with Gasteiger partial charge in [-0.3, -0.25) is 4.79 Å². The molecular weight excluding hydrogens is 294 g/mol. The molecule has 0 aliphatic heterocycles. The minimum atomic E-state index is -0.0263. The van der Waals surface area contributed by atoms with Crippen LogP contribution in [-0.4, -0.2) is 24.5 Å². The third kappa shape index (κ3) is 3.46. The average molecular weight is 311 g/mol. The van der Waals surface area contributed by atoms with Crippen LogP contribution < -0.4 is 4.74 Å². The summed E-state index contributed by atoms with van der Waals surface area (Å²) in [7, 11) is 1.80. The second-order valence-electron chi connectivity index (χ2n) is 5.13. The Morgan fingerprint density at radius 2 is 1.91 bits per heavy atom. The van der Waals surface area contributed by atoms with Gasteiger partial charge in [0.05, 0.1) is 6.54 Å². The van der Waals surface area contributed by atoms with E-state index in [1.54, 1.807) is 23.3 Å². The van der Waals surface area contributed by atoms with E-state index in [2.05, 4.69) is 6.07 Å². The third-order valence-corrected chi connectivity index (χ3v) is 4.34. The predicted molar refractivity (Wildman–Crippen MR) is 90.2 cm³/mol. The maximum Gasteiger partial charge on any atom is 0.260 e. The molecule has 0 fully saturated rings.